The summed E-state index contributed by atoms with van der Waals surface area (Å²) in [5.41, 5.74) is 2.05. The number of halogens is 1. The molecule has 2 aromatic rings. The Kier molecular flexibility index (Phi) is 4.80. The molecule has 5 heteroatoms. The molecule has 0 aliphatic rings. The van der Waals surface area contributed by atoms with Crippen LogP contribution in [0.15, 0.2) is 48.0 Å². The maximum absolute atomic E-state index is 11.8. The first-order valence-corrected chi connectivity index (χ1v) is 6.66. The molecule has 0 saturated carbocycles. The highest BCUT2D eigenvalue weighted by atomic mass is 32.1. The minimum atomic E-state index is -0.629. The number of aromatic nitrogens is 1. The molecule has 1 N–H and O–H groups in total. The third-order valence-corrected chi connectivity index (χ3v) is 3.28. The fraction of sp³-hybridized carbons (Fsp3) is 0.143. The van der Waals surface area contributed by atoms with Crippen molar-refractivity contribution in [3.05, 3.63) is 53.6 Å². The standard InChI is InChI=1S/C14H13FN2OS/c15-7-1-2-13(18)17-10-11-3-5-12(6-4-11)14-16-8-9-19-14/h1-6,8-9H,7,10H2,(H,17,18)/b2-1+. The summed E-state index contributed by atoms with van der Waals surface area (Å²) in [5, 5.41) is 5.59. The third-order valence-electron chi connectivity index (χ3n) is 2.46. The van der Waals surface area contributed by atoms with Crippen LogP contribution >= 0.6 is 11.3 Å². The molecule has 2 rings (SSSR count). The second-order valence-electron chi connectivity index (χ2n) is 3.81. The fourth-order valence-corrected chi connectivity index (χ4v) is 2.18. The van der Waals surface area contributed by atoms with Crippen LogP contribution in [0.2, 0.25) is 0 Å². The summed E-state index contributed by atoms with van der Waals surface area (Å²) in [6.45, 7) is -0.205. The van der Waals surface area contributed by atoms with Gasteiger partial charge >= 0.3 is 0 Å². The van der Waals surface area contributed by atoms with Gasteiger partial charge in [-0.3, -0.25) is 4.79 Å². The van der Waals surface area contributed by atoms with Crippen LogP contribution in [0.5, 0.6) is 0 Å². The van der Waals surface area contributed by atoms with Crippen molar-refractivity contribution in [2.45, 2.75) is 6.54 Å². The second kappa shape index (κ2) is 6.80. The van der Waals surface area contributed by atoms with Crippen LogP contribution in [0.25, 0.3) is 10.6 Å². The average Bonchev–Trinajstić information content (AvgIpc) is 2.97. The highest BCUT2D eigenvalue weighted by molar-refractivity contribution is 7.13. The third kappa shape index (κ3) is 3.99. The van der Waals surface area contributed by atoms with E-state index in [1.807, 2.05) is 29.6 Å². The number of amides is 1. The summed E-state index contributed by atoms with van der Waals surface area (Å²) in [6.07, 6.45) is 4.15. The van der Waals surface area contributed by atoms with Crippen molar-refractivity contribution >= 4 is 17.2 Å². The van der Waals surface area contributed by atoms with Crippen molar-refractivity contribution in [1.29, 1.82) is 0 Å². The number of thiazole rings is 1. The molecule has 1 aromatic carbocycles. The number of benzene rings is 1. The number of alkyl halides is 1. The Bertz CT molecular complexity index is 549. The molecular weight excluding hydrogens is 263 g/mol. The molecule has 1 heterocycles. The molecule has 19 heavy (non-hydrogen) atoms. The first kappa shape index (κ1) is 13.4. The SMILES string of the molecule is O=C(/C=C/CF)NCc1ccc(-c2nccs2)cc1. The highest BCUT2D eigenvalue weighted by Crippen LogP contribution is 2.21. The number of carbonyl (C=O) groups is 1. The predicted molar refractivity (Wildman–Crippen MR) is 74.5 cm³/mol. The minimum absolute atomic E-state index is 0.290. The van der Waals surface area contributed by atoms with Gasteiger partial charge < -0.3 is 5.32 Å². The lowest BCUT2D eigenvalue weighted by molar-refractivity contribution is -0.116. The monoisotopic (exact) mass is 276 g/mol. The van der Waals surface area contributed by atoms with E-state index < -0.39 is 6.67 Å². The van der Waals surface area contributed by atoms with Crippen molar-refractivity contribution in [3.8, 4) is 10.6 Å². The minimum Gasteiger partial charge on any atom is -0.348 e. The van der Waals surface area contributed by atoms with E-state index in [0.717, 1.165) is 16.1 Å². The molecule has 0 aliphatic heterocycles. The summed E-state index contributed by atoms with van der Waals surface area (Å²) < 4.78 is 11.8. The Morgan fingerprint density at radius 1 is 1.37 bits per heavy atom. The van der Waals surface area contributed by atoms with E-state index in [-0.39, 0.29) is 5.91 Å². The van der Waals surface area contributed by atoms with Crippen LogP contribution in [0, 0.1) is 0 Å². The van der Waals surface area contributed by atoms with Gasteiger partial charge in [0.15, 0.2) is 0 Å². The Morgan fingerprint density at radius 2 is 2.16 bits per heavy atom. The van der Waals surface area contributed by atoms with Gasteiger partial charge in [-0.2, -0.15) is 0 Å². The number of rotatable bonds is 5. The molecule has 0 atom stereocenters. The summed E-state index contributed by atoms with van der Waals surface area (Å²) in [5.74, 6) is -0.290. The van der Waals surface area contributed by atoms with Gasteiger partial charge in [-0.25, -0.2) is 9.37 Å². The molecular formula is C14H13FN2OS. The Morgan fingerprint density at radius 3 is 2.79 bits per heavy atom. The van der Waals surface area contributed by atoms with Gasteiger partial charge in [0.05, 0.1) is 0 Å². The Balaban J connectivity index is 1.92. The van der Waals surface area contributed by atoms with Crippen molar-refractivity contribution in [2.75, 3.05) is 6.67 Å². The lowest BCUT2D eigenvalue weighted by Gasteiger charge is -2.03. The van der Waals surface area contributed by atoms with Gasteiger partial charge in [0.1, 0.15) is 11.7 Å². The van der Waals surface area contributed by atoms with Gasteiger partial charge in [-0.15, -0.1) is 11.3 Å². The number of allylic oxidation sites excluding steroid dienone is 1. The molecule has 0 saturated heterocycles. The molecule has 0 fully saturated rings. The van der Waals surface area contributed by atoms with Crippen molar-refractivity contribution in [2.24, 2.45) is 0 Å². The largest absolute Gasteiger partial charge is 0.348 e. The molecule has 3 nitrogen and oxygen atoms in total. The van der Waals surface area contributed by atoms with E-state index in [0.29, 0.717) is 6.54 Å². The van der Waals surface area contributed by atoms with Crippen molar-refractivity contribution in [1.82, 2.24) is 10.3 Å². The lowest BCUT2D eigenvalue weighted by Crippen LogP contribution is -2.20. The van der Waals surface area contributed by atoms with E-state index in [4.69, 9.17) is 0 Å². The first-order valence-electron chi connectivity index (χ1n) is 5.79. The van der Waals surface area contributed by atoms with Gasteiger partial charge in [0.2, 0.25) is 5.91 Å². The summed E-state index contributed by atoms with van der Waals surface area (Å²) in [6, 6.07) is 7.82. The zero-order valence-corrected chi connectivity index (χ0v) is 11.0. The topological polar surface area (TPSA) is 42.0 Å². The van der Waals surface area contributed by atoms with Gasteiger partial charge in [-0.1, -0.05) is 24.3 Å². The molecule has 0 unspecified atom stereocenters. The van der Waals surface area contributed by atoms with Crippen molar-refractivity contribution in [3.63, 3.8) is 0 Å². The summed E-state index contributed by atoms with van der Waals surface area (Å²) in [7, 11) is 0. The highest BCUT2D eigenvalue weighted by Gasteiger charge is 2.01. The number of hydrogen-bond donors (Lipinski definition) is 1. The summed E-state index contributed by atoms with van der Waals surface area (Å²) >= 11 is 1.58. The lowest BCUT2D eigenvalue weighted by atomic mass is 10.1. The number of hydrogen-bond acceptors (Lipinski definition) is 3. The molecule has 98 valence electrons. The number of carbonyl (C=O) groups excluding carboxylic acids is 1. The Hall–Kier alpha value is -2.01. The predicted octanol–water partition coefficient (Wildman–Crippen LogP) is 2.95. The van der Waals surface area contributed by atoms with Gasteiger partial charge in [-0.05, 0) is 11.6 Å². The maximum atomic E-state index is 11.8. The Labute approximate surface area is 114 Å². The normalized spacial score (nSPS) is 10.8. The number of nitrogens with one attached hydrogen (secondary N) is 1. The van der Waals surface area contributed by atoms with Crippen LogP contribution in [0.1, 0.15) is 5.56 Å². The maximum Gasteiger partial charge on any atom is 0.244 e. The van der Waals surface area contributed by atoms with Crippen LogP contribution in [0.3, 0.4) is 0 Å². The second-order valence-corrected chi connectivity index (χ2v) is 4.70. The molecule has 0 bridgehead atoms. The quantitative estimate of drug-likeness (QED) is 0.853. The average molecular weight is 276 g/mol. The van der Waals surface area contributed by atoms with Gasteiger partial charge in [0, 0.05) is 29.8 Å². The fourth-order valence-electron chi connectivity index (χ4n) is 1.53. The molecule has 1 aromatic heterocycles. The van der Waals surface area contributed by atoms with Crippen LogP contribution < -0.4 is 5.32 Å². The van der Waals surface area contributed by atoms with Gasteiger partial charge in [0.25, 0.3) is 0 Å². The molecule has 0 aliphatic carbocycles. The molecule has 0 radical (unpaired) electrons. The van der Waals surface area contributed by atoms with E-state index in [1.54, 1.807) is 17.5 Å². The van der Waals surface area contributed by atoms with Crippen LogP contribution in [-0.4, -0.2) is 17.6 Å². The molecule has 0 spiro atoms. The van der Waals surface area contributed by atoms with E-state index in [9.17, 15) is 9.18 Å². The zero-order valence-electron chi connectivity index (χ0n) is 10.2. The van der Waals surface area contributed by atoms with Crippen molar-refractivity contribution < 1.29 is 9.18 Å². The zero-order chi connectivity index (χ0) is 13.5. The smallest absolute Gasteiger partial charge is 0.244 e. The van der Waals surface area contributed by atoms with Crippen LogP contribution in [-0.2, 0) is 11.3 Å². The molecule has 1 amide bonds. The van der Waals surface area contributed by atoms with E-state index in [2.05, 4.69) is 10.3 Å². The number of nitrogens with zero attached hydrogens (tertiary/aromatic N) is 1. The summed E-state index contributed by atoms with van der Waals surface area (Å²) in [4.78, 5) is 15.5. The van der Waals surface area contributed by atoms with Crippen LogP contribution in [0.4, 0.5) is 4.39 Å². The first-order chi connectivity index (χ1) is 9.29. The van der Waals surface area contributed by atoms with E-state index in [1.165, 1.54) is 12.2 Å². The van der Waals surface area contributed by atoms with E-state index >= 15 is 0 Å².